The summed E-state index contributed by atoms with van der Waals surface area (Å²) in [6, 6.07) is 5.36. The highest BCUT2D eigenvalue weighted by Crippen LogP contribution is 2.26. The van der Waals surface area contributed by atoms with E-state index in [1.807, 2.05) is 6.92 Å². The Kier molecular flexibility index (Phi) is 5.40. The summed E-state index contributed by atoms with van der Waals surface area (Å²) < 4.78 is 52.5. The minimum absolute atomic E-state index is 0.203. The predicted molar refractivity (Wildman–Crippen MR) is 79.1 cm³/mol. The Hall–Kier alpha value is -1.90. The molecular weight excluding hydrogens is 331 g/mol. The second kappa shape index (κ2) is 7.12. The maximum absolute atomic E-state index is 12.3. The number of nitrogens with zero attached hydrogens (tertiary/aromatic N) is 2. The minimum Gasteiger partial charge on any atom is -0.406 e. The topological polar surface area (TPSA) is 67.9 Å². The SMILES string of the molecule is CCc1n[nH]c(CS(=O)C(C)c2ccc(OC(F)(F)F)cc2)n1. The number of nitrogens with one attached hydrogen (secondary N) is 1. The number of H-pyrrole nitrogens is 1. The van der Waals surface area contributed by atoms with Gasteiger partial charge in [0.1, 0.15) is 17.4 Å². The number of aryl methyl sites for hydroxylation is 1. The third kappa shape index (κ3) is 5.05. The Morgan fingerprint density at radius 3 is 2.48 bits per heavy atom. The summed E-state index contributed by atoms with van der Waals surface area (Å²) in [5.41, 5.74) is 0.660. The first-order valence-corrected chi connectivity index (χ1v) is 8.29. The summed E-state index contributed by atoms with van der Waals surface area (Å²) in [5.74, 6) is 1.08. The first kappa shape index (κ1) is 17.5. The maximum atomic E-state index is 12.3. The fourth-order valence-electron chi connectivity index (χ4n) is 1.91. The number of ether oxygens (including phenoxy) is 1. The molecule has 0 fully saturated rings. The van der Waals surface area contributed by atoms with Gasteiger partial charge in [0.05, 0.1) is 11.0 Å². The molecule has 126 valence electrons. The molecule has 0 spiro atoms. The van der Waals surface area contributed by atoms with Crippen molar-refractivity contribution < 1.29 is 22.1 Å². The van der Waals surface area contributed by atoms with Crippen LogP contribution in [0.1, 0.15) is 36.3 Å². The molecule has 0 saturated heterocycles. The quantitative estimate of drug-likeness (QED) is 0.871. The summed E-state index contributed by atoms with van der Waals surface area (Å²) in [6.07, 6.45) is -4.04. The molecule has 9 heteroatoms. The molecule has 1 N–H and O–H groups in total. The van der Waals surface area contributed by atoms with Gasteiger partial charge in [0.15, 0.2) is 0 Å². The van der Waals surface area contributed by atoms with Crippen LogP contribution in [0.5, 0.6) is 5.75 Å². The fraction of sp³-hybridized carbons (Fsp3) is 0.429. The van der Waals surface area contributed by atoms with Crippen LogP contribution in [0.4, 0.5) is 13.2 Å². The third-order valence-electron chi connectivity index (χ3n) is 3.15. The molecule has 0 aliphatic carbocycles. The second-order valence-corrected chi connectivity index (χ2v) is 6.59. The molecule has 0 saturated carbocycles. The Morgan fingerprint density at radius 2 is 1.96 bits per heavy atom. The number of aromatic nitrogens is 3. The van der Waals surface area contributed by atoms with Crippen molar-refractivity contribution in [3.63, 3.8) is 0 Å². The van der Waals surface area contributed by atoms with E-state index in [-0.39, 0.29) is 16.8 Å². The van der Waals surface area contributed by atoms with Crippen LogP contribution in [0.2, 0.25) is 0 Å². The van der Waals surface area contributed by atoms with Gasteiger partial charge in [-0.1, -0.05) is 19.1 Å². The second-order valence-electron chi connectivity index (χ2n) is 4.84. The van der Waals surface area contributed by atoms with Gasteiger partial charge in [-0.05, 0) is 24.6 Å². The summed E-state index contributed by atoms with van der Waals surface area (Å²) in [7, 11) is -1.28. The van der Waals surface area contributed by atoms with E-state index < -0.39 is 17.2 Å². The van der Waals surface area contributed by atoms with Gasteiger partial charge in [-0.25, -0.2) is 4.98 Å². The van der Waals surface area contributed by atoms with Crippen molar-refractivity contribution in [3.05, 3.63) is 41.5 Å². The summed E-state index contributed by atoms with van der Waals surface area (Å²) in [5, 5.41) is 6.35. The molecule has 5 nitrogen and oxygen atoms in total. The van der Waals surface area contributed by atoms with Crippen LogP contribution in [0, 0.1) is 0 Å². The maximum Gasteiger partial charge on any atom is 0.573 e. The normalized spacial score (nSPS) is 14.5. The van der Waals surface area contributed by atoms with Crippen LogP contribution >= 0.6 is 0 Å². The van der Waals surface area contributed by atoms with Gasteiger partial charge in [0.25, 0.3) is 0 Å². The van der Waals surface area contributed by atoms with Crippen LogP contribution in [-0.4, -0.2) is 25.8 Å². The van der Waals surface area contributed by atoms with Crippen molar-refractivity contribution in [2.24, 2.45) is 0 Å². The van der Waals surface area contributed by atoms with E-state index in [1.165, 1.54) is 24.3 Å². The standard InChI is InChI=1S/C14H16F3N3O2S/c1-3-12-18-13(20-19-12)8-23(21)9(2)10-4-6-11(7-5-10)22-14(15,16)17/h4-7,9H,3,8H2,1-2H3,(H,18,19,20). The molecule has 2 unspecified atom stereocenters. The van der Waals surface area contributed by atoms with Crippen molar-refractivity contribution in [1.82, 2.24) is 15.2 Å². The van der Waals surface area contributed by atoms with E-state index in [9.17, 15) is 17.4 Å². The van der Waals surface area contributed by atoms with Gasteiger partial charge in [0, 0.05) is 17.2 Å². The van der Waals surface area contributed by atoms with Crippen LogP contribution in [0.15, 0.2) is 24.3 Å². The average molecular weight is 347 g/mol. The lowest BCUT2D eigenvalue weighted by Crippen LogP contribution is -2.17. The van der Waals surface area contributed by atoms with Crippen LogP contribution < -0.4 is 4.74 Å². The van der Waals surface area contributed by atoms with E-state index in [0.29, 0.717) is 23.6 Å². The first-order chi connectivity index (χ1) is 10.8. The Morgan fingerprint density at radius 1 is 1.30 bits per heavy atom. The van der Waals surface area contributed by atoms with E-state index in [4.69, 9.17) is 0 Å². The van der Waals surface area contributed by atoms with E-state index in [0.717, 1.165) is 0 Å². The third-order valence-corrected chi connectivity index (χ3v) is 4.77. The van der Waals surface area contributed by atoms with Crippen LogP contribution in [0.25, 0.3) is 0 Å². The molecule has 2 aromatic rings. The molecule has 1 aromatic heterocycles. The monoisotopic (exact) mass is 347 g/mol. The molecule has 1 heterocycles. The molecule has 2 atom stereocenters. The number of benzene rings is 1. The van der Waals surface area contributed by atoms with E-state index in [1.54, 1.807) is 6.92 Å². The predicted octanol–water partition coefficient (Wildman–Crippen LogP) is 3.28. The van der Waals surface area contributed by atoms with Crippen molar-refractivity contribution in [2.45, 2.75) is 37.6 Å². The molecule has 23 heavy (non-hydrogen) atoms. The van der Waals surface area contributed by atoms with Crippen LogP contribution in [0.3, 0.4) is 0 Å². The minimum atomic E-state index is -4.72. The highest BCUT2D eigenvalue weighted by atomic mass is 32.2. The molecule has 0 aliphatic heterocycles. The summed E-state index contributed by atoms with van der Waals surface area (Å²) in [4.78, 5) is 4.19. The number of hydrogen-bond acceptors (Lipinski definition) is 4. The lowest BCUT2D eigenvalue weighted by Gasteiger charge is -2.13. The number of rotatable bonds is 6. The lowest BCUT2D eigenvalue weighted by atomic mass is 10.2. The van der Waals surface area contributed by atoms with Crippen molar-refractivity contribution >= 4 is 10.8 Å². The fourth-order valence-corrected chi connectivity index (χ4v) is 3.02. The summed E-state index contributed by atoms with van der Waals surface area (Å²) in [6.45, 7) is 3.66. The number of alkyl halides is 3. The van der Waals surface area contributed by atoms with E-state index >= 15 is 0 Å². The highest BCUT2D eigenvalue weighted by Gasteiger charge is 2.31. The van der Waals surface area contributed by atoms with Gasteiger partial charge in [-0.2, -0.15) is 5.10 Å². The molecule has 0 bridgehead atoms. The smallest absolute Gasteiger partial charge is 0.406 e. The van der Waals surface area contributed by atoms with E-state index in [2.05, 4.69) is 19.9 Å². The number of halogens is 3. The zero-order valence-corrected chi connectivity index (χ0v) is 13.4. The largest absolute Gasteiger partial charge is 0.573 e. The molecule has 0 aliphatic rings. The number of aromatic amines is 1. The van der Waals surface area contributed by atoms with Gasteiger partial charge in [-0.15, -0.1) is 13.2 Å². The summed E-state index contributed by atoms with van der Waals surface area (Å²) >= 11 is 0. The number of hydrogen-bond donors (Lipinski definition) is 1. The highest BCUT2D eigenvalue weighted by molar-refractivity contribution is 7.84. The molecule has 0 amide bonds. The molecule has 0 radical (unpaired) electrons. The molecular formula is C14H16F3N3O2S. The first-order valence-electron chi connectivity index (χ1n) is 6.91. The average Bonchev–Trinajstić information content (AvgIpc) is 2.93. The lowest BCUT2D eigenvalue weighted by molar-refractivity contribution is -0.274. The van der Waals surface area contributed by atoms with Crippen molar-refractivity contribution in [1.29, 1.82) is 0 Å². The Bertz CT molecular complexity index is 671. The Labute approximate surface area is 133 Å². The van der Waals surface area contributed by atoms with Gasteiger partial charge < -0.3 is 4.74 Å². The van der Waals surface area contributed by atoms with Crippen molar-refractivity contribution in [2.75, 3.05) is 0 Å². The molecule has 1 aromatic carbocycles. The van der Waals surface area contributed by atoms with Crippen molar-refractivity contribution in [3.8, 4) is 5.75 Å². The zero-order chi connectivity index (χ0) is 17.0. The Balaban J connectivity index is 2.01. The van der Waals surface area contributed by atoms with Gasteiger partial charge in [-0.3, -0.25) is 9.31 Å². The molecule has 2 rings (SSSR count). The zero-order valence-electron chi connectivity index (χ0n) is 12.6. The van der Waals surface area contributed by atoms with Gasteiger partial charge >= 0.3 is 6.36 Å². The van der Waals surface area contributed by atoms with Crippen LogP contribution in [-0.2, 0) is 23.0 Å². The van der Waals surface area contributed by atoms with Gasteiger partial charge in [0.2, 0.25) is 0 Å².